The van der Waals surface area contributed by atoms with Crippen LogP contribution in [-0.2, 0) is 10.2 Å². The zero-order chi connectivity index (χ0) is 12.7. The molecule has 18 heavy (non-hydrogen) atoms. The van der Waals surface area contributed by atoms with Crippen molar-refractivity contribution in [1.82, 2.24) is 4.90 Å². The number of methoxy groups -OCH3 is 1. The lowest BCUT2D eigenvalue weighted by Gasteiger charge is -2.51. The highest BCUT2D eigenvalue weighted by Crippen LogP contribution is 2.62. The summed E-state index contributed by atoms with van der Waals surface area (Å²) in [7, 11) is 3.76. The molecule has 4 atom stereocenters. The Kier molecular flexibility index (Phi) is 1.74. The van der Waals surface area contributed by atoms with Crippen molar-refractivity contribution in [3.63, 3.8) is 0 Å². The van der Waals surface area contributed by atoms with E-state index < -0.39 is 0 Å². The third-order valence-corrected chi connectivity index (χ3v) is 5.32. The summed E-state index contributed by atoms with van der Waals surface area (Å²) in [5.74, 6) is 1.79. The molecule has 0 N–H and O–H groups in total. The molecule has 1 saturated heterocycles. The van der Waals surface area contributed by atoms with Gasteiger partial charge in [-0.1, -0.05) is 6.07 Å². The van der Waals surface area contributed by atoms with Crippen molar-refractivity contribution in [3.05, 3.63) is 29.3 Å². The first kappa shape index (κ1) is 10.6. The van der Waals surface area contributed by atoms with Crippen LogP contribution in [-0.4, -0.2) is 30.9 Å². The van der Waals surface area contributed by atoms with E-state index in [0.717, 1.165) is 12.2 Å². The Morgan fingerprint density at radius 2 is 2.17 bits per heavy atom. The van der Waals surface area contributed by atoms with Crippen LogP contribution < -0.4 is 4.74 Å². The van der Waals surface area contributed by atoms with Gasteiger partial charge in [0.2, 0.25) is 0 Å². The van der Waals surface area contributed by atoms with Crippen LogP contribution in [0.2, 0.25) is 0 Å². The van der Waals surface area contributed by atoms with E-state index in [9.17, 15) is 4.79 Å². The van der Waals surface area contributed by atoms with E-state index in [1.165, 1.54) is 11.1 Å². The van der Waals surface area contributed by atoms with Crippen LogP contribution in [0, 0.1) is 5.92 Å². The Labute approximate surface area is 107 Å². The first-order valence-electron chi connectivity index (χ1n) is 6.52. The van der Waals surface area contributed by atoms with Crippen molar-refractivity contribution >= 4 is 5.78 Å². The summed E-state index contributed by atoms with van der Waals surface area (Å²) >= 11 is 0. The van der Waals surface area contributed by atoms with E-state index in [0.29, 0.717) is 17.7 Å². The van der Waals surface area contributed by atoms with Crippen LogP contribution in [0.4, 0.5) is 0 Å². The number of benzene rings is 1. The Bertz CT molecular complexity index is 568. The number of fused-ring (bicyclic) bond motifs is 4. The summed E-state index contributed by atoms with van der Waals surface area (Å²) in [5.41, 5.74) is 2.24. The van der Waals surface area contributed by atoms with Gasteiger partial charge >= 0.3 is 0 Å². The SMILES string of the molecule is COc1ccc2c(c1)C1(C)CC3C(C1=O)N(C)C23. The number of likely N-dealkylation sites (N-methyl/N-ethyl adjacent to an activating group) is 1. The average molecular weight is 243 g/mol. The van der Waals surface area contributed by atoms with Gasteiger partial charge in [0.1, 0.15) is 5.75 Å². The molecule has 0 radical (unpaired) electrons. The van der Waals surface area contributed by atoms with Crippen molar-refractivity contribution in [2.75, 3.05) is 14.2 Å². The van der Waals surface area contributed by atoms with Crippen LogP contribution in [0.25, 0.3) is 0 Å². The van der Waals surface area contributed by atoms with E-state index in [2.05, 4.69) is 31.0 Å². The predicted molar refractivity (Wildman–Crippen MR) is 67.8 cm³/mol. The van der Waals surface area contributed by atoms with Crippen molar-refractivity contribution in [2.45, 2.75) is 30.8 Å². The van der Waals surface area contributed by atoms with Crippen LogP contribution >= 0.6 is 0 Å². The van der Waals surface area contributed by atoms with Gasteiger partial charge in [0.25, 0.3) is 0 Å². The molecule has 1 aromatic rings. The quantitative estimate of drug-likeness (QED) is 0.754. The first-order valence-corrected chi connectivity index (χ1v) is 6.52. The zero-order valence-corrected chi connectivity index (χ0v) is 10.9. The number of ether oxygens (including phenoxy) is 1. The highest BCUT2D eigenvalue weighted by atomic mass is 16.5. The van der Waals surface area contributed by atoms with Crippen LogP contribution in [0.3, 0.4) is 0 Å². The topological polar surface area (TPSA) is 29.5 Å². The molecule has 0 amide bonds. The summed E-state index contributed by atoms with van der Waals surface area (Å²) in [6.07, 6.45) is 1.01. The van der Waals surface area contributed by atoms with E-state index in [-0.39, 0.29) is 11.5 Å². The normalized spacial score (nSPS) is 40.4. The molecule has 94 valence electrons. The second-order valence-corrected chi connectivity index (χ2v) is 6.07. The zero-order valence-electron chi connectivity index (χ0n) is 10.9. The predicted octanol–water partition coefficient (Wildman–Crippen LogP) is 1.91. The third kappa shape index (κ3) is 0.914. The number of Topliss-reactive ketones (excluding diaryl/α,β-unsaturated/α-hetero) is 1. The molecule has 3 nitrogen and oxygen atoms in total. The van der Waals surface area contributed by atoms with Crippen molar-refractivity contribution in [2.24, 2.45) is 5.92 Å². The fourth-order valence-electron chi connectivity index (χ4n) is 4.44. The minimum Gasteiger partial charge on any atom is -0.497 e. The number of likely N-dealkylation sites (tertiary alicyclic amines) is 1. The number of carbonyl (C=O) groups is 1. The van der Waals surface area contributed by atoms with Gasteiger partial charge in [0.05, 0.1) is 18.6 Å². The van der Waals surface area contributed by atoms with Crippen molar-refractivity contribution in [1.29, 1.82) is 0 Å². The molecule has 4 unspecified atom stereocenters. The molecule has 0 aromatic heterocycles. The molecule has 4 rings (SSSR count). The maximum Gasteiger partial charge on any atom is 0.160 e. The maximum absolute atomic E-state index is 12.6. The fraction of sp³-hybridized carbons (Fsp3) is 0.533. The minimum atomic E-state index is -0.291. The highest BCUT2D eigenvalue weighted by Gasteiger charge is 2.66. The number of ketones is 1. The number of hydrogen-bond donors (Lipinski definition) is 0. The first-order chi connectivity index (χ1) is 8.58. The molecule has 1 saturated carbocycles. The van der Waals surface area contributed by atoms with Gasteiger partial charge in [0, 0.05) is 12.0 Å². The van der Waals surface area contributed by atoms with E-state index >= 15 is 0 Å². The lowest BCUT2D eigenvalue weighted by atomic mass is 9.68. The molecule has 2 aliphatic carbocycles. The molecule has 2 bridgehead atoms. The van der Waals surface area contributed by atoms with Gasteiger partial charge < -0.3 is 4.74 Å². The maximum atomic E-state index is 12.6. The van der Waals surface area contributed by atoms with Crippen LogP contribution in [0.5, 0.6) is 5.75 Å². The van der Waals surface area contributed by atoms with Gasteiger partial charge in [-0.3, -0.25) is 9.69 Å². The number of nitrogens with zero attached hydrogens (tertiary/aromatic N) is 1. The molecule has 3 aliphatic rings. The summed E-state index contributed by atoms with van der Waals surface area (Å²) in [6, 6.07) is 6.82. The van der Waals surface area contributed by atoms with Gasteiger partial charge in [0.15, 0.2) is 5.78 Å². The number of rotatable bonds is 1. The Morgan fingerprint density at radius 1 is 1.39 bits per heavy atom. The largest absolute Gasteiger partial charge is 0.497 e. The summed E-state index contributed by atoms with van der Waals surface area (Å²) in [5, 5.41) is 0. The lowest BCUT2D eigenvalue weighted by molar-refractivity contribution is -0.131. The minimum absolute atomic E-state index is 0.151. The molecular formula is C15H17NO2. The van der Waals surface area contributed by atoms with Crippen LogP contribution in [0.1, 0.15) is 30.5 Å². The van der Waals surface area contributed by atoms with Gasteiger partial charge in [-0.05, 0) is 43.7 Å². The summed E-state index contributed by atoms with van der Waals surface area (Å²) < 4.78 is 5.32. The molecule has 1 aromatic carbocycles. The Balaban J connectivity index is 1.98. The average Bonchev–Trinajstić information content (AvgIpc) is 2.52. The van der Waals surface area contributed by atoms with Gasteiger partial charge in [-0.25, -0.2) is 0 Å². The fourth-order valence-corrected chi connectivity index (χ4v) is 4.44. The summed E-state index contributed by atoms with van der Waals surface area (Å²) in [6.45, 7) is 2.11. The van der Waals surface area contributed by atoms with E-state index in [4.69, 9.17) is 4.74 Å². The third-order valence-electron chi connectivity index (χ3n) is 5.32. The van der Waals surface area contributed by atoms with Gasteiger partial charge in [-0.15, -0.1) is 0 Å². The number of hydrogen-bond acceptors (Lipinski definition) is 3. The highest BCUT2D eigenvalue weighted by molar-refractivity contribution is 5.99. The summed E-state index contributed by atoms with van der Waals surface area (Å²) in [4.78, 5) is 14.9. The van der Waals surface area contributed by atoms with Crippen molar-refractivity contribution in [3.8, 4) is 5.75 Å². The molecule has 0 spiro atoms. The molecule has 1 aliphatic heterocycles. The molecular weight excluding hydrogens is 226 g/mol. The lowest BCUT2D eigenvalue weighted by Crippen LogP contribution is -2.55. The molecule has 3 heteroatoms. The van der Waals surface area contributed by atoms with E-state index in [1.807, 2.05) is 6.07 Å². The molecule has 2 fully saturated rings. The van der Waals surface area contributed by atoms with Crippen molar-refractivity contribution < 1.29 is 9.53 Å². The van der Waals surface area contributed by atoms with Gasteiger partial charge in [-0.2, -0.15) is 0 Å². The second kappa shape index (κ2) is 2.97. The van der Waals surface area contributed by atoms with E-state index in [1.54, 1.807) is 7.11 Å². The smallest absolute Gasteiger partial charge is 0.160 e. The molecule has 1 heterocycles. The monoisotopic (exact) mass is 243 g/mol. The number of carbonyl (C=O) groups excluding carboxylic acids is 1. The Morgan fingerprint density at radius 3 is 2.89 bits per heavy atom. The Hall–Kier alpha value is -1.35. The van der Waals surface area contributed by atoms with Crippen LogP contribution in [0.15, 0.2) is 18.2 Å². The standard InChI is InChI=1S/C15H17NO2/c1-15-7-10-12(16(2)13(10)14(15)17)9-5-4-8(18-3)6-11(9)15/h4-6,10,12-13H,7H2,1-3H3. The second-order valence-electron chi connectivity index (χ2n) is 6.07.